The number of aromatic nitrogens is 5. The van der Waals surface area contributed by atoms with Gasteiger partial charge in [-0.25, -0.2) is 0 Å². The van der Waals surface area contributed by atoms with Crippen LogP contribution >= 0.6 is 15.9 Å². The van der Waals surface area contributed by atoms with Crippen molar-refractivity contribution in [3.63, 3.8) is 0 Å². The highest BCUT2D eigenvalue weighted by Crippen LogP contribution is 2.50. The summed E-state index contributed by atoms with van der Waals surface area (Å²) in [6.07, 6.45) is 7.54. The molecule has 3 aromatic heterocycles. The highest BCUT2D eigenvalue weighted by atomic mass is 79.9. The third-order valence-corrected chi connectivity index (χ3v) is 7.45. The van der Waals surface area contributed by atoms with Gasteiger partial charge in [0.2, 0.25) is 0 Å². The Hall–Kier alpha value is -2.55. The summed E-state index contributed by atoms with van der Waals surface area (Å²) in [5.41, 5.74) is 4.34. The molecule has 7 nitrogen and oxygen atoms in total. The molecule has 1 aromatic carbocycles. The monoisotopic (exact) mass is 478 g/mol. The minimum absolute atomic E-state index is 0.179. The second-order valence-corrected chi connectivity index (χ2v) is 9.56. The largest absolute Gasteiger partial charge is 0.372 e. The number of halogens is 1. The van der Waals surface area contributed by atoms with Gasteiger partial charge in [0.15, 0.2) is 5.82 Å². The van der Waals surface area contributed by atoms with Gasteiger partial charge >= 0.3 is 0 Å². The van der Waals surface area contributed by atoms with E-state index in [-0.39, 0.29) is 12.0 Å². The minimum Gasteiger partial charge on any atom is -0.372 e. The average molecular weight is 479 g/mol. The van der Waals surface area contributed by atoms with Crippen LogP contribution in [0.25, 0.3) is 22.3 Å². The van der Waals surface area contributed by atoms with Gasteiger partial charge in [0, 0.05) is 65.1 Å². The van der Waals surface area contributed by atoms with Gasteiger partial charge in [-0.1, -0.05) is 12.1 Å². The van der Waals surface area contributed by atoms with Gasteiger partial charge in [-0.2, -0.15) is 0 Å². The first kappa shape index (κ1) is 19.2. The van der Waals surface area contributed by atoms with Crippen LogP contribution in [-0.4, -0.2) is 56.8 Å². The molecular weight excluding hydrogens is 456 g/mol. The fourth-order valence-corrected chi connectivity index (χ4v) is 5.99. The Labute approximate surface area is 188 Å². The number of rotatable bonds is 3. The normalized spacial score (nSPS) is 25.6. The summed E-state index contributed by atoms with van der Waals surface area (Å²) in [7, 11) is 4.04. The van der Waals surface area contributed by atoms with Crippen LogP contribution in [-0.2, 0) is 16.8 Å². The summed E-state index contributed by atoms with van der Waals surface area (Å²) < 4.78 is 7.31. The van der Waals surface area contributed by atoms with Crippen LogP contribution in [0.4, 0.5) is 0 Å². The van der Waals surface area contributed by atoms with E-state index in [1.54, 1.807) is 12.4 Å². The molecular formula is C23H23BrN6O. The van der Waals surface area contributed by atoms with E-state index in [0.29, 0.717) is 0 Å². The third-order valence-electron chi connectivity index (χ3n) is 7.02. The lowest BCUT2D eigenvalue weighted by atomic mass is 9.68. The number of nitrogens with zero attached hydrogens (tertiary/aromatic N) is 4. The Kier molecular flexibility index (Phi) is 4.31. The molecule has 31 heavy (non-hydrogen) atoms. The minimum atomic E-state index is -0.392. The number of likely N-dealkylation sites (N-methyl/N-ethyl adjacent to an activating group) is 1. The van der Waals surface area contributed by atoms with Gasteiger partial charge in [-0.3, -0.25) is 9.88 Å². The number of H-pyrrole nitrogens is 2. The van der Waals surface area contributed by atoms with E-state index < -0.39 is 5.60 Å². The predicted octanol–water partition coefficient (Wildman–Crippen LogP) is 4.00. The summed E-state index contributed by atoms with van der Waals surface area (Å²) in [6.45, 7) is 0.900. The van der Waals surface area contributed by atoms with Crippen LogP contribution < -0.4 is 0 Å². The molecule has 2 aliphatic rings. The smallest absolute Gasteiger partial charge is 0.162 e. The third kappa shape index (κ3) is 2.82. The summed E-state index contributed by atoms with van der Waals surface area (Å²) in [4.78, 5) is 13.6. The van der Waals surface area contributed by atoms with Crippen LogP contribution in [0.15, 0.2) is 47.3 Å². The Morgan fingerprint density at radius 2 is 2.16 bits per heavy atom. The fourth-order valence-electron chi connectivity index (χ4n) is 5.63. The maximum absolute atomic E-state index is 6.39. The average Bonchev–Trinajstić information content (AvgIpc) is 3.43. The molecule has 8 heteroatoms. The number of pyridine rings is 1. The van der Waals surface area contributed by atoms with E-state index in [9.17, 15) is 0 Å². The number of likely N-dealkylation sites (tertiary alicyclic amines) is 1. The molecule has 4 heterocycles. The van der Waals surface area contributed by atoms with Gasteiger partial charge in [0.1, 0.15) is 11.4 Å². The molecule has 4 aromatic rings. The van der Waals surface area contributed by atoms with E-state index in [4.69, 9.17) is 4.74 Å². The zero-order valence-corrected chi connectivity index (χ0v) is 19.0. The van der Waals surface area contributed by atoms with Crippen LogP contribution in [0.5, 0.6) is 0 Å². The number of ether oxygens (including phenoxy) is 1. The number of benzene rings is 1. The lowest BCUT2D eigenvalue weighted by Crippen LogP contribution is -2.58. The molecule has 0 bridgehead atoms. The first-order valence-corrected chi connectivity index (χ1v) is 11.3. The van der Waals surface area contributed by atoms with Crippen LogP contribution in [0.2, 0.25) is 0 Å². The zero-order chi connectivity index (χ0) is 21.2. The SMILES string of the molecule is CO[C@]12C[C@@H](c3nnc(-c4cncc(Br)c4)[nH]3)CN(C)[C@@H]1Cc1c[nH]c3cccc2c13. The fraction of sp³-hybridized carbons (Fsp3) is 0.348. The number of piperidine rings is 1. The first-order valence-electron chi connectivity index (χ1n) is 10.5. The first-order chi connectivity index (χ1) is 15.1. The molecule has 0 spiro atoms. The maximum atomic E-state index is 6.39. The number of methoxy groups -OCH3 is 1. The summed E-state index contributed by atoms with van der Waals surface area (Å²) in [5.74, 6) is 1.81. The van der Waals surface area contributed by atoms with Crippen molar-refractivity contribution in [1.29, 1.82) is 0 Å². The van der Waals surface area contributed by atoms with Crippen molar-refractivity contribution in [2.45, 2.75) is 30.4 Å². The standard InChI is InChI=1S/C23H23BrN6O/c1-30-12-15(22-27-21(28-29-22)14-6-16(24)11-25-9-14)8-23(31-2)17-4-3-5-18-20(17)13(10-26-18)7-19(23)30/h3-6,9-11,15,19,26H,7-8,12H2,1-2H3,(H,27,28,29)/t15-,19-,23+/m1/s1. The van der Waals surface area contributed by atoms with Gasteiger partial charge in [0.25, 0.3) is 0 Å². The molecule has 0 saturated carbocycles. The molecule has 0 radical (unpaired) electrons. The van der Waals surface area contributed by atoms with Crippen LogP contribution in [0, 0.1) is 0 Å². The predicted molar refractivity (Wildman–Crippen MR) is 122 cm³/mol. The van der Waals surface area contributed by atoms with E-state index in [1.165, 1.54) is 22.0 Å². The van der Waals surface area contributed by atoms with Gasteiger partial charge in [-0.15, -0.1) is 10.2 Å². The van der Waals surface area contributed by atoms with E-state index in [2.05, 4.69) is 77.4 Å². The van der Waals surface area contributed by atoms with E-state index in [0.717, 1.165) is 41.1 Å². The number of nitrogens with one attached hydrogen (secondary N) is 2. The highest BCUT2D eigenvalue weighted by molar-refractivity contribution is 9.10. The lowest BCUT2D eigenvalue weighted by Gasteiger charge is -2.52. The van der Waals surface area contributed by atoms with Crippen molar-refractivity contribution in [2.24, 2.45) is 0 Å². The Bertz CT molecular complexity index is 1280. The molecule has 1 aliphatic heterocycles. The molecule has 1 fully saturated rings. The summed E-state index contributed by atoms with van der Waals surface area (Å²) >= 11 is 3.48. The Morgan fingerprint density at radius 3 is 3.00 bits per heavy atom. The second kappa shape index (κ2) is 6.98. The zero-order valence-electron chi connectivity index (χ0n) is 17.4. The molecule has 0 amide bonds. The quantitative estimate of drug-likeness (QED) is 0.464. The van der Waals surface area contributed by atoms with Crippen molar-refractivity contribution in [1.82, 2.24) is 30.0 Å². The van der Waals surface area contributed by atoms with Crippen molar-refractivity contribution in [3.8, 4) is 11.4 Å². The van der Waals surface area contributed by atoms with Gasteiger partial charge in [0.05, 0.1) is 0 Å². The van der Waals surface area contributed by atoms with Gasteiger partial charge < -0.3 is 14.7 Å². The topological polar surface area (TPSA) is 82.7 Å². The highest BCUT2D eigenvalue weighted by Gasteiger charge is 2.52. The molecule has 1 saturated heterocycles. The Balaban J connectivity index is 1.42. The van der Waals surface area contributed by atoms with Crippen molar-refractivity contribution in [3.05, 3.63) is 64.3 Å². The number of aromatic amines is 2. The van der Waals surface area contributed by atoms with Crippen molar-refractivity contribution < 1.29 is 4.74 Å². The molecule has 2 N–H and O–H groups in total. The van der Waals surface area contributed by atoms with Crippen LogP contribution in [0.1, 0.15) is 29.3 Å². The van der Waals surface area contributed by atoms with Gasteiger partial charge in [-0.05, 0) is 59.1 Å². The summed E-state index contributed by atoms with van der Waals surface area (Å²) in [6, 6.07) is 8.76. The maximum Gasteiger partial charge on any atom is 0.162 e. The van der Waals surface area contributed by atoms with E-state index >= 15 is 0 Å². The number of hydrogen-bond donors (Lipinski definition) is 2. The van der Waals surface area contributed by atoms with Crippen LogP contribution in [0.3, 0.4) is 0 Å². The molecule has 3 atom stereocenters. The molecule has 158 valence electrons. The van der Waals surface area contributed by atoms with E-state index in [1.807, 2.05) is 13.2 Å². The number of fused-ring (bicyclic) bond motifs is 2. The van der Waals surface area contributed by atoms with Crippen molar-refractivity contribution in [2.75, 3.05) is 20.7 Å². The van der Waals surface area contributed by atoms with Crippen molar-refractivity contribution >= 4 is 26.8 Å². The lowest BCUT2D eigenvalue weighted by molar-refractivity contribution is -0.115. The summed E-state index contributed by atoms with van der Waals surface area (Å²) in [5, 5.41) is 10.3. The molecule has 1 aliphatic carbocycles. The number of hydrogen-bond acceptors (Lipinski definition) is 5. The Morgan fingerprint density at radius 1 is 1.26 bits per heavy atom. The molecule has 0 unspecified atom stereocenters. The second-order valence-electron chi connectivity index (χ2n) is 8.65. The molecule has 6 rings (SSSR count).